The molecule has 0 aliphatic heterocycles. The van der Waals surface area contributed by atoms with E-state index < -0.39 is 14.1 Å². The molecular formula is C18H20O3P+. The highest BCUT2D eigenvalue weighted by Crippen LogP contribution is 2.29. The van der Waals surface area contributed by atoms with E-state index in [4.69, 9.17) is 4.52 Å². The Hall–Kier alpha value is -1.83. The van der Waals surface area contributed by atoms with Crippen LogP contribution < -0.4 is 5.30 Å². The van der Waals surface area contributed by atoms with E-state index in [9.17, 15) is 9.36 Å². The molecule has 4 heteroatoms. The quantitative estimate of drug-likeness (QED) is 0.611. The first-order valence-electron chi connectivity index (χ1n) is 7.21. The van der Waals surface area contributed by atoms with Crippen molar-refractivity contribution in [2.24, 2.45) is 0 Å². The lowest BCUT2D eigenvalue weighted by atomic mass is 10.1. The number of hydrogen-bond donors (Lipinski definition) is 0. The fourth-order valence-corrected chi connectivity index (χ4v) is 3.74. The molecule has 0 heterocycles. The van der Waals surface area contributed by atoms with Gasteiger partial charge in [0.25, 0.3) is 0 Å². The minimum atomic E-state index is -2.06. The average molecular weight is 315 g/mol. The maximum atomic E-state index is 12.5. The smallest absolute Gasteiger partial charge is 0.291 e. The number of Topliss-reactive ketones (excluding diaryl/α,β-unsaturated/α-hetero) is 1. The second kappa shape index (κ2) is 6.95. The van der Waals surface area contributed by atoms with Crippen LogP contribution in [0.5, 0.6) is 0 Å². The van der Waals surface area contributed by atoms with Gasteiger partial charge in [-0.15, -0.1) is 4.52 Å². The molecule has 0 aliphatic carbocycles. The topological polar surface area (TPSA) is 43.4 Å². The number of hydrogen-bond acceptors (Lipinski definition) is 3. The summed E-state index contributed by atoms with van der Waals surface area (Å²) in [5, 5.41) is 0.688. The minimum absolute atomic E-state index is 0.161. The summed E-state index contributed by atoms with van der Waals surface area (Å²) < 4.78 is 18.0. The molecule has 2 rings (SSSR count). The second-order valence-corrected chi connectivity index (χ2v) is 6.65. The van der Waals surface area contributed by atoms with Gasteiger partial charge in [-0.3, -0.25) is 4.79 Å². The van der Waals surface area contributed by atoms with Gasteiger partial charge in [-0.1, -0.05) is 48.0 Å². The first-order chi connectivity index (χ1) is 10.4. The summed E-state index contributed by atoms with van der Waals surface area (Å²) in [6, 6.07) is 12.9. The second-order valence-electron chi connectivity index (χ2n) is 5.48. The third kappa shape index (κ3) is 3.68. The standard InChI is InChI=1S/C18H20O3P/c1-12-10-13(2)18(14(3)11-12)22(20)21-15(4)17(19)16-8-6-5-7-9-16/h5-11,15H,1-4H3/q+1. The van der Waals surface area contributed by atoms with Crippen LogP contribution in [0.25, 0.3) is 0 Å². The van der Waals surface area contributed by atoms with Gasteiger partial charge in [0.05, 0.1) is 0 Å². The molecule has 0 saturated carbocycles. The average Bonchev–Trinajstić information content (AvgIpc) is 2.46. The van der Waals surface area contributed by atoms with Crippen LogP contribution >= 0.6 is 8.03 Å². The van der Waals surface area contributed by atoms with Crippen molar-refractivity contribution in [3.8, 4) is 0 Å². The van der Waals surface area contributed by atoms with Crippen molar-refractivity contribution in [2.75, 3.05) is 0 Å². The summed E-state index contributed by atoms with van der Waals surface area (Å²) in [4.78, 5) is 12.3. The summed E-state index contributed by atoms with van der Waals surface area (Å²) in [5.74, 6) is -0.161. The lowest BCUT2D eigenvalue weighted by Gasteiger charge is -2.06. The number of carbonyl (C=O) groups is 1. The van der Waals surface area contributed by atoms with Gasteiger partial charge < -0.3 is 0 Å². The van der Waals surface area contributed by atoms with Crippen molar-refractivity contribution in [3.63, 3.8) is 0 Å². The summed E-state index contributed by atoms with van der Waals surface area (Å²) >= 11 is 0. The van der Waals surface area contributed by atoms with Gasteiger partial charge in [0.1, 0.15) is 0 Å². The molecule has 114 valence electrons. The maximum absolute atomic E-state index is 12.5. The Labute approximate surface area is 132 Å². The number of rotatable bonds is 5. The molecular weight excluding hydrogens is 295 g/mol. The SMILES string of the molecule is Cc1cc(C)c([P+](=O)OC(C)C(=O)c2ccccc2)c(C)c1. The predicted molar refractivity (Wildman–Crippen MR) is 89.2 cm³/mol. The molecule has 0 N–H and O–H groups in total. The van der Waals surface area contributed by atoms with Crippen molar-refractivity contribution >= 4 is 19.1 Å². The third-order valence-corrected chi connectivity index (χ3v) is 5.08. The summed E-state index contributed by atoms with van der Waals surface area (Å²) in [6.07, 6.45) is -0.744. The molecule has 0 radical (unpaired) electrons. The van der Waals surface area contributed by atoms with Crippen LogP contribution in [0.3, 0.4) is 0 Å². The van der Waals surface area contributed by atoms with Crippen LogP contribution in [-0.2, 0) is 9.09 Å². The Morgan fingerprint density at radius 2 is 1.59 bits per heavy atom. The molecule has 0 spiro atoms. The first kappa shape index (κ1) is 16.5. The van der Waals surface area contributed by atoms with Crippen LogP contribution in [0.4, 0.5) is 0 Å². The largest absolute Gasteiger partial charge is 0.550 e. The Balaban J connectivity index is 2.17. The lowest BCUT2D eigenvalue weighted by molar-refractivity contribution is 0.0831. The number of aryl methyl sites for hydroxylation is 3. The Bertz CT molecular complexity index is 685. The van der Waals surface area contributed by atoms with Crippen molar-refractivity contribution in [1.29, 1.82) is 0 Å². The molecule has 2 aromatic rings. The first-order valence-corrected chi connectivity index (χ1v) is 8.39. The molecule has 2 unspecified atom stereocenters. The van der Waals surface area contributed by atoms with Crippen LogP contribution in [0, 0.1) is 20.8 Å². The molecule has 3 nitrogen and oxygen atoms in total. The zero-order chi connectivity index (χ0) is 16.3. The zero-order valence-electron chi connectivity index (χ0n) is 13.3. The molecule has 0 amide bonds. The van der Waals surface area contributed by atoms with Gasteiger partial charge in [0, 0.05) is 16.7 Å². The summed E-state index contributed by atoms with van der Waals surface area (Å²) in [6.45, 7) is 7.46. The molecule has 0 aliphatic rings. The summed E-state index contributed by atoms with van der Waals surface area (Å²) in [5.41, 5.74) is 3.54. The highest BCUT2D eigenvalue weighted by Gasteiger charge is 2.33. The van der Waals surface area contributed by atoms with Crippen LogP contribution in [0.1, 0.15) is 34.0 Å². The van der Waals surface area contributed by atoms with E-state index in [0.717, 1.165) is 16.7 Å². The molecule has 0 aromatic heterocycles. The highest BCUT2D eigenvalue weighted by atomic mass is 31.1. The number of ketones is 1. The minimum Gasteiger partial charge on any atom is -0.291 e. The number of benzene rings is 2. The molecule has 0 saturated heterocycles. The third-order valence-electron chi connectivity index (χ3n) is 3.50. The Morgan fingerprint density at radius 1 is 1.05 bits per heavy atom. The molecule has 22 heavy (non-hydrogen) atoms. The van der Waals surface area contributed by atoms with Gasteiger partial charge in [-0.05, 0) is 32.3 Å². The van der Waals surface area contributed by atoms with E-state index in [1.165, 1.54) is 0 Å². The van der Waals surface area contributed by atoms with Gasteiger partial charge in [0.2, 0.25) is 5.30 Å². The van der Waals surface area contributed by atoms with Crippen LogP contribution in [0.15, 0.2) is 42.5 Å². The zero-order valence-corrected chi connectivity index (χ0v) is 14.2. The highest BCUT2D eigenvalue weighted by molar-refractivity contribution is 7.48. The van der Waals surface area contributed by atoms with E-state index in [0.29, 0.717) is 10.9 Å². The van der Waals surface area contributed by atoms with E-state index in [1.807, 2.05) is 39.0 Å². The monoisotopic (exact) mass is 315 g/mol. The van der Waals surface area contributed by atoms with Gasteiger partial charge in [-0.25, -0.2) is 0 Å². The van der Waals surface area contributed by atoms with Crippen molar-refractivity contribution < 1.29 is 13.9 Å². The molecule has 2 aromatic carbocycles. The molecule has 2 atom stereocenters. The van der Waals surface area contributed by atoms with E-state index >= 15 is 0 Å². The van der Waals surface area contributed by atoms with Crippen molar-refractivity contribution in [1.82, 2.24) is 0 Å². The van der Waals surface area contributed by atoms with Gasteiger partial charge in [-0.2, -0.15) is 0 Å². The normalized spacial score (nSPS) is 12.8. The predicted octanol–water partition coefficient (Wildman–Crippen LogP) is 4.27. The Kier molecular flexibility index (Phi) is 5.23. The van der Waals surface area contributed by atoms with Gasteiger partial charge in [0.15, 0.2) is 11.9 Å². The number of carbonyl (C=O) groups excluding carboxylic acids is 1. The van der Waals surface area contributed by atoms with Crippen LogP contribution in [0.2, 0.25) is 0 Å². The van der Waals surface area contributed by atoms with E-state index in [-0.39, 0.29) is 5.78 Å². The maximum Gasteiger partial charge on any atom is 0.550 e. The van der Waals surface area contributed by atoms with E-state index in [1.54, 1.807) is 31.2 Å². The Morgan fingerprint density at radius 3 is 2.14 bits per heavy atom. The van der Waals surface area contributed by atoms with Crippen molar-refractivity contribution in [2.45, 2.75) is 33.8 Å². The van der Waals surface area contributed by atoms with Crippen molar-refractivity contribution in [3.05, 3.63) is 64.7 Å². The van der Waals surface area contributed by atoms with Crippen LogP contribution in [-0.4, -0.2) is 11.9 Å². The summed E-state index contributed by atoms with van der Waals surface area (Å²) in [7, 11) is -2.06. The fraction of sp³-hybridized carbons (Fsp3) is 0.278. The fourth-order valence-electron chi connectivity index (χ4n) is 2.54. The lowest BCUT2D eigenvalue weighted by Crippen LogP contribution is -2.20. The van der Waals surface area contributed by atoms with E-state index in [2.05, 4.69) is 0 Å². The van der Waals surface area contributed by atoms with Gasteiger partial charge >= 0.3 is 8.03 Å². The molecule has 0 bridgehead atoms. The molecule has 0 fully saturated rings.